The number of carbonyl (C=O) groups excluding carboxylic acids is 1. The van der Waals surface area contributed by atoms with Crippen LogP contribution in [0.15, 0.2) is 24.7 Å². The molecule has 0 saturated carbocycles. The molecule has 21 heavy (non-hydrogen) atoms. The van der Waals surface area contributed by atoms with Crippen LogP contribution in [-0.2, 0) is 13.6 Å². The molecule has 2 heterocycles. The molecule has 0 radical (unpaired) electrons. The van der Waals surface area contributed by atoms with Gasteiger partial charge in [0.15, 0.2) is 0 Å². The molecule has 0 saturated heterocycles. The number of nitrogens with one attached hydrogen (secondary N) is 2. The van der Waals surface area contributed by atoms with Crippen LogP contribution in [0.5, 0.6) is 0 Å². The van der Waals surface area contributed by atoms with Gasteiger partial charge in [-0.05, 0) is 12.5 Å². The maximum absolute atomic E-state index is 12.3. The number of nitrogens with zero attached hydrogens (tertiary/aromatic N) is 4. The van der Waals surface area contributed by atoms with Gasteiger partial charge in [0.25, 0.3) is 0 Å². The number of hydrogen-bond acceptors (Lipinski definition) is 3. The Labute approximate surface area is 124 Å². The quantitative estimate of drug-likeness (QED) is 0.852. The third kappa shape index (κ3) is 3.84. The zero-order chi connectivity index (χ0) is 15.2. The maximum Gasteiger partial charge on any atom is 0.318 e. The van der Waals surface area contributed by atoms with Gasteiger partial charge in [-0.15, -0.1) is 0 Å². The molecule has 1 unspecified atom stereocenters. The fourth-order valence-electron chi connectivity index (χ4n) is 2.23. The van der Waals surface area contributed by atoms with Gasteiger partial charge in [-0.2, -0.15) is 5.10 Å². The lowest BCUT2D eigenvalue weighted by molar-refractivity contribution is 0.200. The van der Waals surface area contributed by atoms with Gasteiger partial charge in [0.1, 0.15) is 5.82 Å². The van der Waals surface area contributed by atoms with Gasteiger partial charge in [-0.25, -0.2) is 9.78 Å². The van der Waals surface area contributed by atoms with Crippen molar-refractivity contribution in [3.05, 3.63) is 36.2 Å². The number of carbonyl (C=O) groups is 1. The Kier molecular flexibility index (Phi) is 4.97. The van der Waals surface area contributed by atoms with Crippen LogP contribution in [0.4, 0.5) is 4.79 Å². The molecule has 0 bridgehead atoms. The van der Waals surface area contributed by atoms with E-state index >= 15 is 0 Å². The Morgan fingerprint density at radius 3 is 2.90 bits per heavy atom. The highest BCUT2D eigenvalue weighted by molar-refractivity contribution is 5.74. The summed E-state index contributed by atoms with van der Waals surface area (Å²) in [6.45, 7) is 2.58. The third-order valence-corrected chi connectivity index (χ3v) is 3.36. The zero-order valence-corrected chi connectivity index (χ0v) is 12.7. The van der Waals surface area contributed by atoms with Crippen molar-refractivity contribution < 1.29 is 4.79 Å². The van der Waals surface area contributed by atoms with E-state index in [-0.39, 0.29) is 12.1 Å². The Morgan fingerprint density at radius 1 is 1.52 bits per heavy atom. The first-order valence-electron chi connectivity index (χ1n) is 7.09. The first-order chi connectivity index (χ1) is 10.1. The van der Waals surface area contributed by atoms with Crippen LogP contribution >= 0.6 is 0 Å². The number of urea groups is 1. The molecule has 7 heteroatoms. The standard InChI is InChI=1S/C14H22N6O/c1-4-5-12(13-15-8-9-19(13)2)17-14(21)20(3)10-11-6-7-16-18-11/h6-9,12H,4-5,10H2,1-3H3,(H,16,18)(H,17,21). The average Bonchev–Trinajstić information content (AvgIpc) is 3.09. The summed E-state index contributed by atoms with van der Waals surface area (Å²) in [6.07, 6.45) is 7.14. The van der Waals surface area contributed by atoms with Crippen molar-refractivity contribution in [2.75, 3.05) is 7.05 Å². The van der Waals surface area contributed by atoms with Crippen LogP contribution in [0, 0.1) is 0 Å². The van der Waals surface area contributed by atoms with E-state index in [4.69, 9.17) is 0 Å². The normalized spacial score (nSPS) is 12.1. The van der Waals surface area contributed by atoms with Crippen molar-refractivity contribution in [3.8, 4) is 0 Å². The van der Waals surface area contributed by atoms with Crippen molar-refractivity contribution in [1.29, 1.82) is 0 Å². The largest absolute Gasteiger partial charge is 0.336 e. The van der Waals surface area contributed by atoms with Gasteiger partial charge in [-0.1, -0.05) is 13.3 Å². The summed E-state index contributed by atoms with van der Waals surface area (Å²) in [4.78, 5) is 18.3. The SMILES string of the molecule is CCCC(NC(=O)N(C)Cc1ccn[nH]1)c1nccn1C. The Hall–Kier alpha value is -2.31. The Bertz CT molecular complexity index is 562. The number of amides is 2. The first-order valence-corrected chi connectivity index (χ1v) is 7.09. The molecule has 114 valence electrons. The lowest BCUT2D eigenvalue weighted by atomic mass is 10.1. The van der Waals surface area contributed by atoms with E-state index in [2.05, 4.69) is 27.4 Å². The number of rotatable bonds is 6. The second kappa shape index (κ2) is 6.92. The maximum atomic E-state index is 12.3. The molecule has 2 aromatic heterocycles. The minimum absolute atomic E-state index is 0.0771. The Morgan fingerprint density at radius 2 is 2.33 bits per heavy atom. The zero-order valence-electron chi connectivity index (χ0n) is 12.7. The minimum Gasteiger partial charge on any atom is -0.336 e. The molecule has 2 aromatic rings. The highest BCUT2D eigenvalue weighted by Crippen LogP contribution is 2.16. The summed E-state index contributed by atoms with van der Waals surface area (Å²) >= 11 is 0. The molecule has 2 N–H and O–H groups in total. The predicted molar refractivity (Wildman–Crippen MR) is 79.4 cm³/mol. The second-order valence-electron chi connectivity index (χ2n) is 5.13. The number of aromatic nitrogens is 4. The summed E-state index contributed by atoms with van der Waals surface area (Å²) in [6, 6.07) is 1.66. The number of imidazole rings is 1. The molecule has 0 aliphatic carbocycles. The van der Waals surface area contributed by atoms with E-state index in [1.165, 1.54) is 0 Å². The molecule has 2 amide bonds. The highest BCUT2D eigenvalue weighted by Gasteiger charge is 2.19. The molecule has 7 nitrogen and oxygen atoms in total. The van der Waals surface area contributed by atoms with Crippen LogP contribution in [0.25, 0.3) is 0 Å². The van der Waals surface area contributed by atoms with E-state index in [1.807, 2.05) is 23.9 Å². The van der Waals surface area contributed by atoms with Crippen molar-refractivity contribution in [3.63, 3.8) is 0 Å². The highest BCUT2D eigenvalue weighted by atomic mass is 16.2. The number of aryl methyl sites for hydroxylation is 1. The van der Waals surface area contributed by atoms with Crippen LogP contribution in [0.2, 0.25) is 0 Å². The Balaban J connectivity index is 1.99. The molecule has 0 spiro atoms. The van der Waals surface area contributed by atoms with Crippen LogP contribution in [0.3, 0.4) is 0 Å². The first kappa shape index (κ1) is 15.1. The van der Waals surface area contributed by atoms with Crippen LogP contribution < -0.4 is 5.32 Å². The predicted octanol–water partition coefficient (Wildman–Crippen LogP) is 1.83. The summed E-state index contributed by atoms with van der Waals surface area (Å²) in [7, 11) is 3.70. The fraction of sp³-hybridized carbons (Fsp3) is 0.500. The molecular formula is C14H22N6O. The van der Waals surface area contributed by atoms with Gasteiger partial charge in [0.05, 0.1) is 18.3 Å². The summed E-state index contributed by atoms with van der Waals surface area (Å²) in [5, 5.41) is 9.77. The van der Waals surface area contributed by atoms with E-state index in [9.17, 15) is 4.79 Å². The van der Waals surface area contributed by atoms with E-state index in [0.717, 1.165) is 24.4 Å². The van der Waals surface area contributed by atoms with Gasteiger partial charge < -0.3 is 14.8 Å². The van der Waals surface area contributed by atoms with E-state index in [1.54, 1.807) is 24.3 Å². The van der Waals surface area contributed by atoms with Gasteiger partial charge in [0.2, 0.25) is 0 Å². The van der Waals surface area contributed by atoms with Crippen molar-refractivity contribution in [1.82, 2.24) is 30.0 Å². The minimum atomic E-state index is -0.119. The van der Waals surface area contributed by atoms with E-state index in [0.29, 0.717) is 6.54 Å². The van der Waals surface area contributed by atoms with Crippen LogP contribution in [0.1, 0.15) is 37.3 Å². The molecule has 0 aromatic carbocycles. The molecule has 0 aliphatic rings. The summed E-state index contributed by atoms with van der Waals surface area (Å²) in [5.74, 6) is 0.875. The van der Waals surface area contributed by atoms with Gasteiger partial charge in [-0.3, -0.25) is 5.10 Å². The summed E-state index contributed by atoms with van der Waals surface area (Å²) in [5.41, 5.74) is 0.900. The molecular weight excluding hydrogens is 268 g/mol. The number of aromatic amines is 1. The number of hydrogen-bond donors (Lipinski definition) is 2. The molecule has 1 atom stereocenters. The van der Waals surface area contributed by atoms with Gasteiger partial charge in [0, 0.05) is 32.7 Å². The van der Waals surface area contributed by atoms with Crippen molar-refractivity contribution >= 4 is 6.03 Å². The lowest BCUT2D eigenvalue weighted by Crippen LogP contribution is -2.39. The topological polar surface area (TPSA) is 78.8 Å². The molecule has 2 rings (SSSR count). The molecule has 0 aliphatic heterocycles. The van der Waals surface area contributed by atoms with Crippen molar-refractivity contribution in [2.45, 2.75) is 32.4 Å². The van der Waals surface area contributed by atoms with Crippen LogP contribution in [-0.4, -0.2) is 37.7 Å². The molecule has 0 fully saturated rings. The van der Waals surface area contributed by atoms with Gasteiger partial charge >= 0.3 is 6.03 Å². The monoisotopic (exact) mass is 290 g/mol. The third-order valence-electron chi connectivity index (χ3n) is 3.36. The van der Waals surface area contributed by atoms with Crippen molar-refractivity contribution in [2.24, 2.45) is 7.05 Å². The summed E-state index contributed by atoms with van der Waals surface area (Å²) < 4.78 is 1.94. The average molecular weight is 290 g/mol. The number of H-pyrrole nitrogens is 1. The lowest BCUT2D eigenvalue weighted by Gasteiger charge is -2.23. The fourth-order valence-corrected chi connectivity index (χ4v) is 2.23. The second-order valence-corrected chi connectivity index (χ2v) is 5.13. The smallest absolute Gasteiger partial charge is 0.318 e. The van der Waals surface area contributed by atoms with E-state index < -0.39 is 0 Å².